The van der Waals surface area contributed by atoms with Gasteiger partial charge in [0.15, 0.2) is 5.13 Å². The minimum atomic E-state index is -0.665. The molecule has 0 radical (unpaired) electrons. The lowest BCUT2D eigenvalue weighted by molar-refractivity contribution is -0.117. The van der Waals surface area contributed by atoms with Gasteiger partial charge in [-0.25, -0.2) is 4.98 Å². The van der Waals surface area contributed by atoms with Crippen molar-refractivity contribution in [2.75, 3.05) is 5.32 Å². The molecule has 21 heavy (non-hydrogen) atoms. The average molecular weight is 307 g/mol. The van der Waals surface area contributed by atoms with Gasteiger partial charge in [-0.1, -0.05) is 6.92 Å². The number of amides is 2. The molecule has 7 heteroatoms. The number of carbonyl (C=O) groups is 2. The molecule has 1 atom stereocenters. The van der Waals surface area contributed by atoms with Crippen LogP contribution in [0.3, 0.4) is 0 Å². The second-order valence-electron chi connectivity index (χ2n) is 4.57. The van der Waals surface area contributed by atoms with Crippen molar-refractivity contribution in [1.82, 2.24) is 10.3 Å². The Balaban J connectivity index is 1.94. The Morgan fingerprint density at radius 2 is 2.24 bits per heavy atom. The number of carbonyl (C=O) groups excluding carboxylic acids is 2. The van der Waals surface area contributed by atoms with Crippen molar-refractivity contribution < 1.29 is 14.0 Å². The summed E-state index contributed by atoms with van der Waals surface area (Å²) in [4.78, 5) is 29.3. The van der Waals surface area contributed by atoms with Gasteiger partial charge >= 0.3 is 0 Å². The molecule has 0 aliphatic heterocycles. The summed E-state index contributed by atoms with van der Waals surface area (Å²) in [5.41, 5.74) is 1.36. The fraction of sp³-hybridized carbons (Fsp3) is 0.357. The Morgan fingerprint density at radius 1 is 1.48 bits per heavy atom. The second kappa shape index (κ2) is 6.53. The molecule has 2 amide bonds. The van der Waals surface area contributed by atoms with Crippen molar-refractivity contribution in [2.24, 2.45) is 0 Å². The van der Waals surface area contributed by atoms with Gasteiger partial charge in [-0.3, -0.25) is 9.59 Å². The number of aryl methyl sites for hydroxylation is 2. The highest BCUT2D eigenvalue weighted by molar-refractivity contribution is 7.15. The standard InChI is InChI=1S/C14H17N3O3S/c1-4-11-9(3)21-14(16-11)17-12(18)8(2)15-13(19)10-5-6-20-7-10/h5-8H,4H2,1-3H3,(H,15,19)(H,16,17,18). The smallest absolute Gasteiger partial charge is 0.255 e. The van der Waals surface area contributed by atoms with Gasteiger partial charge in [0.2, 0.25) is 5.91 Å². The summed E-state index contributed by atoms with van der Waals surface area (Å²) in [6.45, 7) is 5.60. The molecular weight excluding hydrogens is 290 g/mol. The summed E-state index contributed by atoms with van der Waals surface area (Å²) >= 11 is 1.43. The predicted molar refractivity (Wildman–Crippen MR) is 80.5 cm³/mol. The highest BCUT2D eigenvalue weighted by atomic mass is 32.1. The molecule has 0 fully saturated rings. The molecule has 0 bridgehead atoms. The second-order valence-corrected chi connectivity index (χ2v) is 5.78. The van der Waals surface area contributed by atoms with Gasteiger partial charge in [0.25, 0.3) is 5.91 Å². The van der Waals surface area contributed by atoms with Crippen LogP contribution in [0, 0.1) is 6.92 Å². The molecule has 0 aromatic carbocycles. The molecule has 6 nitrogen and oxygen atoms in total. The van der Waals surface area contributed by atoms with Crippen molar-refractivity contribution in [3.8, 4) is 0 Å². The molecule has 2 rings (SSSR count). The zero-order valence-corrected chi connectivity index (χ0v) is 12.9. The number of nitrogens with one attached hydrogen (secondary N) is 2. The highest BCUT2D eigenvalue weighted by Gasteiger charge is 2.18. The van der Waals surface area contributed by atoms with Crippen LogP contribution in [-0.2, 0) is 11.2 Å². The molecule has 112 valence electrons. The zero-order valence-electron chi connectivity index (χ0n) is 12.1. The molecular formula is C14H17N3O3S. The normalized spacial score (nSPS) is 12.0. The lowest BCUT2D eigenvalue weighted by Gasteiger charge is -2.12. The van der Waals surface area contributed by atoms with E-state index in [1.165, 1.54) is 29.9 Å². The van der Waals surface area contributed by atoms with Gasteiger partial charge in [0, 0.05) is 4.88 Å². The monoisotopic (exact) mass is 307 g/mol. The van der Waals surface area contributed by atoms with E-state index in [1.54, 1.807) is 6.92 Å². The number of thiazole rings is 1. The van der Waals surface area contributed by atoms with Crippen molar-refractivity contribution in [1.29, 1.82) is 0 Å². The van der Waals surface area contributed by atoms with Gasteiger partial charge < -0.3 is 15.1 Å². The minimum absolute atomic E-state index is 0.303. The maximum absolute atomic E-state index is 12.0. The number of rotatable bonds is 5. The molecule has 0 aliphatic carbocycles. The summed E-state index contributed by atoms with van der Waals surface area (Å²) < 4.78 is 4.83. The van der Waals surface area contributed by atoms with E-state index in [1.807, 2.05) is 13.8 Å². The molecule has 0 spiro atoms. The number of nitrogens with zero attached hydrogens (tertiary/aromatic N) is 1. The first-order chi connectivity index (χ1) is 10.0. The van der Waals surface area contributed by atoms with Crippen LogP contribution in [0.4, 0.5) is 5.13 Å². The number of anilines is 1. The Morgan fingerprint density at radius 3 is 2.81 bits per heavy atom. The molecule has 2 heterocycles. The summed E-state index contributed by atoms with van der Waals surface area (Å²) in [5.74, 6) is -0.654. The van der Waals surface area contributed by atoms with Crippen LogP contribution in [0.1, 0.15) is 34.8 Å². The molecule has 2 aromatic rings. The van der Waals surface area contributed by atoms with Crippen LogP contribution in [-0.4, -0.2) is 22.8 Å². The summed E-state index contributed by atoms with van der Waals surface area (Å²) in [5, 5.41) is 5.88. The first-order valence-electron chi connectivity index (χ1n) is 6.61. The van der Waals surface area contributed by atoms with Gasteiger partial charge in [-0.2, -0.15) is 0 Å². The molecule has 0 saturated carbocycles. The van der Waals surface area contributed by atoms with Crippen molar-refractivity contribution >= 4 is 28.3 Å². The Labute approximate surface area is 126 Å². The van der Waals surface area contributed by atoms with Crippen molar-refractivity contribution in [3.05, 3.63) is 34.7 Å². The van der Waals surface area contributed by atoms with E-state index in [2.05, 4.69) is 15.6 Å². The molecule has 1 unspecified atom stereocenters. The first-order valence-corrected chi connectivity index (χ1v) is 7.43. The SMILES string of the molecule is CCc1nc(NC(=O)C(C)NC(=O)c2ccoc2)sc1C. The van der Waals surface area contributed by atoms with Gasteiger partial charge in [0.1, 0.15) is 12.3 Å². The van der Waals surface area contributed by atoms with Crippen molar-refractivity contribution in [2.45, 2.75) is 33.2 Å². The largest absolute Gasteiger partial charge is 0.472 e. The number of aromatic nitrogens is 1. The maximum atomic E-state index is 12.0. The van der Waals surface area contributed by atoms with Crippen LogP contribution in [0.25, 0.3) is 0 Å². The van der Waals surface area contributed by atoms with Gasteiger partial charge in [-0.05, 0) is 26.3 Å². The van der Waals surface area contributed by atoms with E-state index in [9.17, 15) is 9.59 Å². The minimum Gasteiger partial charge on any atom is -0.472 e. The van der Waals surface area contributed by atoms with Crippen LogP contribution in [0.15, 0.2) is 23.0 Å². The average Bonchev–Trinajstić information content (AvgIpc) is 3.08. The molecule has 0 aliphatic rings. The molecule has 2 aromatic heterocycles. The van der Waals surface area contributed by atoms with E-state index in [0.29, 0.717) is 10.7 Å². The van der Waals surface area contributed by atoms with E-state index in [-0.39, 0.29) is 11.8 Å². The lowest BCUT2D eigenvalue weighted by atomic mass is 10.2. The third-order valence-corrected chi connectivity index (χ3v) is 3.91. The fourth-order valence-electron chi connectivity index (χ4n) is 1.76. The predicted octanol–water partition coefficient (Wildman–Crippen LogP) is 2.36. The maximum Gasteiger partial charge on any atom is 0.255 e. The van der Waals surface area contributed by atoms with Crippen molar-refractivity contribution in [3.63, 3.8) is 0 Å². The van der Waals surface area contributed by atoms with Crippen LogP contribution < -0.4 is 10.6 Å². The third-order valence-electron chi connectivity index (χ3n) is 2.98. The Bertz CT molecular complexity index is 634. The Hall–Kier alpha value is -2.15. The molecule has 0 saturated heterocycles. The zero-order chi connectivity index (χ0) is 15.4. The molecule has 2 N–H and O–H groups in total. The number of hydrogen-bond donors (Lipinski definition) is 2. The quantitative estimate of drug-likeness (QED) is 0.888. The van der Waals surface area contributed by atoms with E-state index in [0.717, 1.165) is 17.0 Å². The Kier molecular flexibility index (Phi) is 4.74. The van der Waals surface area contributed by atoms with Gasteiger partial charge in [-0.15, -0.1) is 11.3 Å². The summed E-state index contributed by atoms with van der Waals surface area (Å²) in [6.07, 6.45) is 3.56. The van der Waals surface area contributed by atoms with E-state index >= 15 is 0 Å². The van der Waals surface area contributed by atoms with E-state index in [4.69, 9.17) is 4.42 Å². The van der Waals surface area contributed by atoms with Crippen LogP contribution >= 0.6 is 11.3 Å². The lowest BCUT2D eigenvalue weighted by Crippen LogP contribution is -2.41. The highest BCUT2D eigenvalue weighted by Crippen LogP contribution is 2.22. The first kappa shape index (κ1) is 15.2. The van der Waals surface area contributed by atoms with E-state index < -0.39 is 6.04 Å². The number of furan rings is 1. The fourth-order valence-corrected chi connectivity index (χ4v) is 2.67. The topological polar surface area (TPSA) is 84.2 Å². The number of hydrogen-bond acceptors (Lipinski definition) is 5. The van der Waals surface area contributed by atoms with Crippen LogP contribution in [0.5, 0.6) is 0 Å². The van der Waals surface area contributed by atoms with Crippen LogP contribution in [0.2, 0.25) is 0 Å². The third kappa shape index (κ3) is 3.69. The summed E-state index contributed by atoms with van der Waals surface area (Å²) in [7, 11) is 0. The summed E-state index contributed by atoms with van der Waals surface area (Å²) in [6, 6.07) is 0.874. The van der Waals surface area contributed by atoms with Gasteiger partial charge in [0.05, 0.1) is 17.5 Å².